The molecule has 1 aromatic carbocycles. The molecule has 1 aromatic rings. The monoisotopic (exact) mass is 202 g/mol. The minimum atomic E-state index is 0.369. The Morgan fingerprint density at radius 3 is 2.53 bits per heavy atom. The average molecular weight is 202 g/mol. The van der Waals surface area contributed by atoms with Gasteiger partial charge in [-0.1, -0.05) is 27.2 Å². The minimum Gasteiger partial charge on any atom is -0.398 e. The van der Waals surface area contributed by atoms with Crippen LogP contribution in [0.2, 0.25) is 0 Å². The summed E-state index contributed by atoms with van der Waals surface area (Å²) in [4.78, 5) is 0. The van der Waals surface area contributed by atoms with Gasteiger partial charge in [-0.2, -0.15) is 5.26 Å². The van der Waals surface area contributed by atoms with E-state index < -0.39 is 0 Å². The lowest BCUT2D eigenvalue weighted by Crippen LogP contribution is -2.02. The van der Waals surface area contributed by atoms with Gasteiger partial charge in [0, 0.05) is 5.69 Å². The second-order valence-electron chi connectivity index (χ2n) is 4.15. The number of nitriles is 1. The van der Waals surface area contributed by atoms with Crippen LogP contribution in [0.1, 0.15) is 49.8 Å². The predicted molar refractivity (Wildman–Crippen MR) is 63.7 cm³/mol. The number of hydrogen-bond acceptors (Lipinski definition) is 2. The Kier molecular flexibility index (Phi) is 3.74. The van der Waals surface area contributed by atoms with Crippen LogP contribution in [0.4, 0.5) is 5.69 Å². The quantitative estimate of drug-likeness (QED) is 0.765. The van der Waals surface area contributed by atoms with E-state index in [9.17, 15) is 0 Å². The number of nitrogens with zero attached hydrogens (tertiary/aromatic N) is 1. The summed E-state index contributed by atoms with van der Waals surface area (Å²) in [6.07, 6.45) is 2.00. The lowest BCUT2D eigenvalue weighted by Gasteiger charge is -2.14. The third kappa shape index (κ3) is 2.50. The molecule has 2 heteroatoms. The van der Waals surface area contributed by atoms with E-state index in [4.69, 9.17) is 11.0 Å². The molecule has 0 fully saturated rings. The first-order valence-electron chi connectivity index (χ1n) is 5.42. The maximum atomic E-state index is 8.94. The Bertz CT molecular complexity index is 386. The number of rotatable bonds is 3. The van der Waals surface area contributed by atoms with Gasteiger partial charge in [-0.25, -0.2) is 0 Å². The summed E-state index contributed by atoms with van der Waals surface area (Å²) in [5.41, 5.74) is 9.88. The largest absolute Gasteiger partial charge is 0.398 e. The van der Waals surface area contributed by atoms with Crippen LogP contribution in [-0.4, -0.2) is 0 Å². The van der Waals surface area contributed by atoms with Crippen molar-refractivity contribution in [3.05, 3.63) is 28.8 Å². The lowest BCUT2D eigenvalue weighted by molar-refractivity contribution is 0.858. The van der Waals surface area contributed by atoms with Crippen LogP contribution < -0.4 is 5.73 Å². The van der Waals surface area contributed by atoms with Gasteiger partial charge in [0.2, 0.25) is 0 Å². The maximum Gasteiger partial charge on any atom is 0.0991 e. The SMILES string of the molecule is CCCc1cc(C#N)cc(C(C)C)c1N. The number of benzene rings is 1. The van der Waals surface area contributed by atoms with Crippen molar-refractivity contribution in [2.24, 2.45) is 0 Å². The molecule has 0 aliphatic rings. The van der Waals surface area contributed by atoms with Crippen LogP contribution >= 0.6 is 0 Å². The zero-order valence-corrected chi connectivity index (χ0v) is 9.67. The number of nitrogen functional groups attached to an aromatic ring is 1. The van der Waals surface area contributed by atoms with Crippen molar-refractivity contribution in [1.29, 1.82) is 5.26 Å². The molecular weight excluding hydrogens is 184 g/mol. The third-order valence-electron chi connectivity index (χ3n) is 2.57. The smallest absolute Gasteiger partial charge is 0.0991 e. The van der Waals surface area contributed by atoms with E-state index in [1.807, 2.05) is 12.1 Å². The van der Waals surface area contributed by atoms with E-state index in [0.717, 1.165) is 35.2 Å². The van der Waals surface area contributed by atoms with Crippen molar-refractivity contribution in [3.63, 3.8) is 0 Å². The number of nitrogens with two attached hydrogens (primary N) is 1. The molecule has 0 saturated carbocycles. The molecule has 0 heterocycles. The molecule has 2 N–H and O–H groups in total. The average Bonchev–Trinajstić information content (AvgIpc) is 2.21. The zero-order chi connectivity index (χ0) is 11.4. The van der Waals surface area contributed by atoms with E-state index in [2.05, 4.69) is 26.8 Å². The summed E-state index contributed by atoms with van der Waals surface area (Å²) < 4.78 is 0. The highest BCUT2D eigenvalue weighted by atomic mass is 14.6. The number of aryl methyl sites for hydroxylation is 1. The van der Waals surface area contributed by atoms with Gasteiger partial charge < -0.3 is 5.73 Å². The minimum absolute atomic E-state index is 0.369. The molecule has 0 spiro atoms. The van der Waals surface area contributed by atoms with Crippen LogP contribution in [0, 0.1) is 11.3 Å². The molecule has 0 aliphatic carbocycles. The fourth-order valence-electron chi connectivity index (χ4n) is 1.76. The normalized spacial score (nSPS) is 10.3. The fraction of sp³-hybridized carbons (Fsp3) is 0.462. The molecular formula is C13H18N2. The van der Waals surface area contributed by atoms with Gasteiger partial charge in [0.25, 0.3) is 0 Å². The van der Waals surface area contributed by atoms with Crippen LogP contribution in [-0.2, 0) is 6.42 Å². The van der Waals surface area contributed by atoms with Gasteiger partial charge in [0.05, 0.1) is 11.6 Å². The van der Waals surface area contributed by atoms with Crippen LogP contribution in [0.25, 0.3) is 0 Å². The molecule has 0 bridgehead atoms. The molecule has 0 amide bonds. The Balaban J connectivity index is 3.28. The van der Waals surface area contributed by atoms with Crippen molar-refractivity contribution in [3.8, 4) is 6.07 Å². The molecule has 0 saturated heterocycles. The van der Waals surface area contributed by atoms with Crippen molar-refractivity contribution in [1.82, 2.24) is 0 Å². The lowest BCUT2D eigenvalue weighted by atomic mass is 9.94. The molecule has 80 valence electrons. The highest BCUT2D eigenvalue weighted by Gasteiger charge is 2.10. The first-order chi connectivity index (χ1) is 7.10. The topological polar surface area (TPSA) is 49.8 Å². The van der Waals surface area contributed by atoms with Crippen molar-refractivity contribution < 1.29 is 0 Å². The summed E-state index contributed by atoms with van der Waals surface area (Å²) in [5.74, 6) is 0.369. The number of hydrogen-bond donors (Lipinski definition) is 1. The van der Waals surface area contributed by atoms with E-state index in [1.54, 1.807) is 0 Å². The highest BCUT2D eigenvalue weighted by molar-refractivity contribution is 5.58. The third-order valence-corrected chi connectivity index (χ3v) is 2.57. The van der Waals surface area contributed by atoms with E-state index in [0.29, 0.717) is 5.92 Å². The molecule has 0 atom stereocenters. The van der Waals surface area contributed by atoms with Crippen LogP contribution in [0.15, 0.2) is 12.1 Å². The van der Waals surface area contributed by atoms with E-state index in [-0.39, 0.29) is 0 Å². The first kappa shape index (κ1) is 11.6. The molecule has 15 heavy (non-hydrogen) atoms. The highest BCUT2D eigenvalue weighted by Crippen LogP contribution is 2.27. The van der Waals surface area contributed by atoms with Crippen LogP contribution in [0.3, 0.4) is 0 Å². The Morgan fingerprint density at radius 1 is 1.40 bits per heavy atom. The molecule has 1 rings (SSSR count). The summed E-state index contributed by atoms with van der Waals surface area (Å²) in [6.45, 7) is 6.32. The number of anilines is 1. The van der Waals surface area contributed by atoms with Gasteiger partial charge in [-0.15, -0.1) is 0 Å². The molecule has 0 aromatic heterocycles. The fourth-order valence-corrected chi connectivity index (χ4v) is 1.76. The van der Waals surface area contributed by atoms with E-state index >= 15 is 0 Å². The van der Waals surface area contributed by atoms with E-state index in [1.165, 1.54) is 0 Å². The zero-order valence-electron chi connectivity index (χ0n) is 9.67. The van der Waals surface area contributed by atoms with Gasteiger partial charge >= 0.3 is 0 Å². The second-order valence-corrected chi connectivity index (χ2v) is 4.15. The summed E-state index contributed by atoms with van der Waals surface area (Å²) in [7, 11) is 0. The Labute approximate surface area is 91.7 Å². The van der Waals surface area contributed by atoms with Crippen LogP contribution in [0.5, 0.6) is 0 Å². The molecule has 0 unspecified atom stereocenters. The van der Waals surface area contributed by atoms with Gasteiger partial charge in [0.1, 0.15) is 0 Å². The van der Waals surface area contributed by atoms with Crippen molar-refractivity contribution >= 4 is 5.69 Å². The van der Waals surface area contributed by atoms with Gasteiger partial charge in [-0.05, 0) is 35.6 Å². The summed E-state index contributed by atoms with van der Waals surface area (Å²) in [6, 6.07) is 6.00. The van der Waals surface area contributed by atoms with Gasteiger partial charge in [0.15, 0.2) is 0 Å². The molecule has 0 radical (unpaired) electrons. The summed E-state index contributed by atoms with van der Waals surface area (Å²) in [5, 5.41) is 8.94. The second kappa shape index (κ2) is 4.84. The predicted octanol–water partition coefficient (Wildman–Crippen LogP) is 3.22. The van der Waals surface area contributed by atoms with Crippen molar-refractivity contribution in [2.45, 2.75) is 39.5 Å². The standard InChI is InChI=1S/C13H18N2/c1-4-5-11-6-10(8-14)7-12(9(2)3)13(11)15/h6-7,9H,4-5,15H2,1-3H3. The van der Waals surface area contributed by atoms with Gasteiger partial charge in [-0.3, -0.25) is 0 Å². The Hall–Kier alpha value is -1.49. The molecule has 2 nitrogen and oxygen atoms in total. The Morgan fingerprint density at radius 2 is 2.07 bits per heavy atom. The maximum absolute atomic E-state index is 8.94. The molecule has 0 aliphatic heterocycles. The summed E-state index contributed by atoms with van der Waals surface area (Å²) >= 11 is 0. The van der Waals surface area contributed by atoms with Crippen molar-refractivity contribution in [2.75, 3.05) is 5.73 Å². The first-order valence-corrected chi connectivity index (χ1v) is 5.42.